The number of likely N-dealkylation sites (tertiary alicyclic amines) is 1. The minimum absolute atomic E-state index is 0.0154. The van der Waals surface area contributed by atoms with E-state index in [1.54, 1.807) is 30.5 Å². The lowest BCUT2D eigenvalue weighted by atomic mass is 10.1. The molecule has 2 aliphatic rings. The van der Waals surface area contributed by atoms with Gasteiger partial charge in [0.1, 0.15) is 17.5 Å². The molecule has 2 aromatic heterocycles. The van der Waals surface area contributed by atoms with Crippen molar-refractivity contribution >= 4 is 16.8 Å². The van der Waals surface area contributed by atoms with Gasteiger partial charge in [0.05, 0.1) is 11.7 Å². The minimum Gasteiger partial charge on any atom is -0.486 e. The molecule has 7 nitrogen and oxygen atoms in total. The summed E-state index contributed by atoms with van der Waals surface area (Å²) >= 11 is 0. The van der Waals surface area contributed by atoms with Gasteiger partial charge in [0.2, 0.25) is 0 Å². The fraction of sp³-hybridized carbons (Fsp3) is 0.375. The average Bonchev–Trinajstić information content (AvgIpc) is 3.58. The number of hydrogen-bond donors (Lipinski definition) is 2. The van der Waals surface area contributed by atoms with Crippen LogP contribution in [-0.2, 0) is 13.0 Å². The van der Waals surface area contributed by atoms with Crippen LogP contribution in [0.25, 0.3) is 10.9 Å². The van der Waals surface area contributed by atoms with Crippen LogP contribution in [0.3, 0.4) is 0 Å². The molecule has 166 valence electrons. The molecule has 32 heavy (non-hydrogen) atoms. The second kappa shape index (κ2) is 8.35. The third kappa shape index (κ3) is 4.23. The maximum atomic E-state index is 15.0. The Morgan fingerprint density at radius 1 is 1.25 bits per heavy atom. The van der Waals surface area contributed by atoms with Gasteiger partial charge in [-0.1, -0.05) is 19.1 Å². The minimum atomic E-state index is -0.379. The molecule has 0 bridgehead atoms. The lowest BCUT2D eigenvalue weighted by Crippen LogP contribution is -2.53. The normalized spacial score (nSPS) is 16.7. The Kier molecular flexibility index (Phi) is 5.38. The van der Waals surface area contributed by atoms with E-state index in [2.05, 4.69) is 20.2 Å². The third-order valence-electron chi connectivity index (χ3n) is 6.00. The van der Waals surface area contributed by atoms with Crippen molar-refractivity contribution < 1.29 is 13.9 Å². The standard InChI is InChI=1S/C24H25FN4O3/c1-2-14-9-15-3-4-16(21(25)22(15)28-23(14)30)11-29-12-19(13-29)32-18-7-8-20(26-10-18)24(31)27-17-5-6-17/h3-4,7-10,17,19H,2,5-6,11-13H2,1H3,(H,27,31)(H,28,30). The van der Waals surface area contributed by atoms with Gasteiger partial charge in [0, 0.05) is 42.2 Å². The quantitative estimate of drug-likeness (QED) is 0.595. The molecule has 1 saturated heterocycles. The highest BCUT2D eigenvalue weighted by Gasteiger charge is 2.29. The zero-order chi connectivity index (χ0) is 22.2. The number of nitrogens with zero attached hydrogens (tertiary/aromatic N) is 2. The van der Waals surface area contributed by atoms with Gasteiger partial charge in [0.25, 0.3) is 11.5 Å². The van der Waals surface area contributed by atoms with Crippen molar-refractivity contribution in [3.63, 3.8) is 0 Å². The molecule has 0 spiro atoms. The first-order chi connectivity index (χ1) is 15.5. The number of H-pyrrole nitrogens is 1. The smallest absolute Gasteiger partial charge is 0.270 e. The van der Waals surface area contributed by atoms with Crippen LogP contribution in [0.4, 0.5) is 4.39 Å². The fourth-order valence-electron chi connectivity index (χ4n) is 3.94. The predicted octanol–water partition coefficient (Wildman–Crippen LogP) is 2.78. The summed E-state index contributed by atoms with van der Waals surface area (Å²) in [5.41, 5.74) is 1.60. The van der Waals surface area contributed by atoms with E-state index in [1.807, 2.05) is 13.0 Å². The van der Waals surface area contributed by atoms with Crippen molar-refractivity contribution in [3.8, 4) is 5.75 Å². The number of carbonyl (C=O) groups excluding carboxylic acids is 1. The van der Waals surface area contributed by atoms with Gasteiger partial charge in [-0.25, -0.2) is 9.37 Å². The van der Waals surface area contributed by atoms with Crippen molar-refractivity contribution in [1.82, 2.24) is 20.2 Å². The predicted molar refractivity (Wildman–Crippen MR) is 118 cm³/mol. The summed E-state index contributed by atoms with van der Waals surface area (Å²) in [5.74, 6) is 0.0771. The molecule has 0 atom stereocenters. The number of carbonyl (C=O) groups is 1. The Labute approximate surface area is 184 Å². The summed E-state index contributed by atoms with van der Waals surface area (Å²) in [4.78, 5) is 33.0. The van der Waals surface area contributed by atoms with Crippen molar-refractivity contribution in [2.24, 2.45) is 0 Å². The fourth-order valence-corrected chi connectivity index (χ4v) is 3.94. The molecule has 5 rings (SSSR count). The lowest BCUT2D eigenvalue weighted by Gasteiger charge is -2.39. The number of nitrogens with one attached hydrogen (secondary N) is 2. The molecule has 1 amide bonds. The maximum absolute atomic E-state index is 15.0. The Morgan fingerprint density at radius 2 is 2.06 bits per heavy atom. The van der Waals surface area contributed by atoms with E-state index in [1.165, 1.54) is 0 Å². The molecule has 0 radical (unpaired) electrons. The summed E-state index contributed by atoms with van der Waals surface area (Å²) in [5, 5.41) is 3.61. The van der Waals surface area contributed by atoms with E-state index >= 15 is 0 Å². The first-order valence-electron chi connectivity index (χ1n) is 11.0. The molecule has 0 unspecified atom stereocenters. The van der Waals surface area contributed by atoms with Crippen LogP contribution in [-0.4, -0.2) is 46.0 Å². The average molecular weight is 436 g/mol. The number of ether oxygens (including phenoxy) is 1. The molecule has 2 N–H and O–H groups in total. The first kappa shape index (κ1) is 20.6. The molecular formula is C24H25FN4O3. The topological polar surface area (TPSA) is 87.3 Å². The summed E-state index contributed by atoms with van der Waals surface area (Å²) in [7, 11) is 0. The molecule has 8 heteroatoms. The molecule has 3 aromatic rings. The summed E-state index contributed by atoms with van der Waals surface area (Å²) < 4.78 is 20.9. The number of aromatic amines is 1. The molecule has 1 saturated carbocycles. The number of aryl methyl sites for hydroxylation is 1. The highest BCUT2D eigenvalue weighted by molar-refractivity contribution is 5.92. The van der Waals surface area contributed by atoms with E-state index in [9.17, 15) is 14.0 Å². The van der Waals surface area contributed by atoms with E-state index < -0.39 is 0 Å². The Hall–Kier alpha value is -3.26. The van der Waals surface area contributed by atoms with Gasteiger partial charge in [-0.15, -0.1) is 0 Å². The molecule has 1 aliphatic carbocycles. The lowest BCUT2D eigenvalue weighted by molar-refractivity contribution is 0.0138. The number of fused-ring (bicyclic) bond motifs is 1. The van der Waals surface area contributed by atoms with Gasteiger partial charge in [-0.3, -0.25) is 14.5 Å². The SMILES string of the molecule is CCc1cc2ccc(CN3CC(Oc4ccc(C(=O)NC5CC5)nc4)C3)c(F)c2[nH]c1=O. The Balaban J connectivity index is 1.17. The number of rotatable bonds is 7. The van der Waals surface area contributed by atoms with Gasteiger partial charge >= 0.3 is 0 Å². The van der Waals surface area contributed by atoms with Crippen LogP contribution < -0.4 is 15.6 Å². The molecule has 3 heterocycles. The van der Waals surface area contributed by atoms with Crippen molar-refractivity contribution in [3.05, 3.63) is 69.5 Å². The summed E-state index contributed by atoms with van der Waals surface area (Å²) in [6.07, 6.45) is 4.22. The molecule has 1 aliphatic heterocycles. The van der Waals surface area contributed by atoms with E-state index in [-0.39, 0.29) is 28.9 Å². The van der Waals surface area contributed by atoms with Crippen LogP contribution in [0.2, 0.25) is 0 Å². The monoisotopic (exact) mass is 436 g/mol. The highest BCUT2D eigenvalue weighted by Crippen LogP contribution is 2.24. The zero-order valence-electron chi connectivity index (χ0n) is 17.9. The summed E-state index contributed by atoms with van der Waals surface area (Å²) in [6.45, 7) is 3.66. The van der Waals surface area contributed by atoms with Crippen molar-refractivity contribution in [2.45, 2.75) is 44.9 Å². The van der Waals surface area contributed by atoms with Crippen LogP contribution in [0.15, 0.2) is 41.3 Å². The number of amides is 1. The molecule has 2 fully saturated rings. The third-order valence-corrected chi connectivity index (χ3v) is 6.00. The van der Waals surface area contributed by atoms with Crippen LogP contribution >= 0.6 is 0 Å². The van der Waals surface area contributed by atoms with Gasteiger partial charge in [-0.2, -0.15) is 0 Å². The van der Waals surface area contributed by atoms with Crippen molar-refractivity contribution in [2.75, 3.05) is 13.1 Å². The van der Waals surface area contributed by atoms with Gasteiger partial charge in [-0.05, 0) is 37.5 Å². The van der Waals surface area contributed by atoms with Crippen LogP contribution in [0.5, 0.6) is 5.75 Å². The number of aromatic nitrogens is 2. The van der Waals surface area contributed by atoms with E-state index in [4.69, 9.17) is 4.74 Å². The second-order valence-corrected chi connectivity index (χ2v) is 8.54. The number of benzene rings is 1. The van der Waals surface area contributed by atoms with Gasteiger partial charge in [0.15, 0.2) is 5.82 Å². The van der Waals surface area contributed by atoms with E-state index in [0.717, 1.165) is 12.8 Å². The number of hydrogen-bond acceptors (Lipinski definition) is 5. The van der Waals surface area contributed by atoms with E-state index in [0.29, 0.717) is 60.1 Å². The summed E-state index contributed by atoms with van der Waals surface area (Å²) in [6, 6.07) is 9.09. The largest absolute Gasteiger partial charge is 0.486 e. The zero-order valence-corrected chi connectivity index (χ0v) is 17.9. The molecule has 1 aromatic carbocycles. The number of halogens is 1. The van der Waals surface area contributed by atoms with Crippen LogP contribution in [0, 0.1) is 5.82 Å². The van der Waals surface area contributed by atoms with Gasteiger partial charge < -0.3 is 15.0 Å². The second-order valence-electron chi connectivity index (χ2n) is 8.54. The number of pyridine rings is 2. The van der Waals surface area contributed by atoms with Crippen molar-refractivity contribution in [1.29, 1.82) is 0 Å². The maximum Gasteiger partial charge on any atom is 0.270 e. The Bertz CT molecular complexity index is 1210. The highest BCUT2D eigenvalue weighted by atomic mass is 19.1. The Morgan fingerprint density at radius 3 is 2.75 bits per heavy atom. The first-order valence-corrected chi connectivity index (χ1v) is 11.0. The molecular weight excluding hydrogens is 411 g/mol. The van der Waals surface area contributed by atoms with Crippen LogP contribution in [0.1, 0.15) is 41.4 Å².